The van der Waals surface area contributed by atoms with E-state index >= 15 is 0 Å². The Labute approximate surface area is 176 Å². The van der Waals surface area contributed by atoms with E-state index in [-0.39, 0.29) is 12.2 Å². The van der Waals surface area contributed by atoms with Crippen LogP contribution in [0.25, 0.3) is 22.6 Å². The fraction of sp³-hybridized carbons (Fsp3) is 0.211. The maximum Gasteiger partial charge on any atom is 0.420 e. The number of tetrazole rings is 1. The number of H-pyrrole nitrogens is 1. The van der Waals surface area contributed by atoms with Gasteiger partial charge in [0.1, 0.15) is 17.1 Å². The monoisotopic (exact) mass is 455 g/mol. The molecule has 0 amide bonds. The largest absolute Gasteiger partial charge is 0.496 e. The Balaban J connectivity index is 1.60. The summed E-state index contributed by atoms with van der Waals surface area (Å²) in [6.45, 7) is -3.32. The van der Waals surface area contributed by atoms with E-state index in [0.717, 1.165) is 6.07 Å². The zero-order valence-corrected chi connectivity index (χ0v) is 16.2. The number of rotatable bonds is 7. The molecule has 0 saturated heterocycles. The molecule has 0 unspecified atom stereocenters. The maximum absolute atomic E-state index is 13.3. The van der Waals surface area contributed by atoms with Crippen molar-refractivity contribution in [3.63, 3.8) is 0 Å². The van der Waals surface area contributed by atoms with Gasteiger partial charge in [0.25, 0.3) is 0 Å². The van der Waals surface area contributed by atoms with Gasteiger partial charge >= 0.3 is 12.8 Å². The Morgan fingerprint density at radius 2 is 1.94 bits per heavy atom. The second-order valence-electron chi connectivity index (χ2n) is 6.50. The molecule has 0 aliphatic rings. The first kappa shape index (κ1) is 21.3. The molecule has 0 aliphatic carbocycles. The molecule has 8 nitrogen and oxygen atoms in total. The van der Waals surface area contributed by atoms with Crippen LogP contribution in [0.2, 0.25) is 0 Å². The standard InChI is InChI=1S/C19H14F5N5O3/c1-30-14-4-9-5-16(17-26-28-29-27-17)31-15(9)6-10(14)8-25-11-2-3-13(32-18(20)21)12(7-11)19(22,23)24/h2-7,18,25H,8H2,1H3,(H,26,27,28,29). The minimum atomic E-state index is -4.88. The summed E-state index contributed by atoms with van der Waals surface area (Å²) in [6, 6.07) is 7.80. The van der Waals surface area contributed by atoms with E-state index in [2.05, 4.69) is 30.7 Å². The first-order valence-electron chi connectivity index (χ1n) is 8.99. The molecule has 0 radical (unpaired) electrons. The van der Waals surface area contributed by atoms with Crippen LogP contribution < -0.4 is 14.8 Å². The van der Waals surface area contributed by atoms with Crippen LogP contribution in [-0.2, 0) is 12.7 Å². The minimum absolute atomic E-state index is 0.0500. The summed E-state index contributed by atoms with van der Waals surface area (Å²) in [5, 5.41) is 16.8. The van der Waals surface area contributed by atoms with Crippen molar-refractivity contribution < 1.29 is 35.8 Å². The lowest BCUT2D eigenvalue weighted by atomic mass is 10.1. The molecule has 0 spiro atoms. The highest BCUT2D eigenvalue weighted by Crippen LogP contribution is 2.39. The zero-order valence-electron chi connectivity index (χ0n) is 16.2. The molecule has 168 valence electrons. The van der Waals surface area contributed by atoms with Crippen molar-refractivity contribution in [2.75, 3.05) is 12.4 Å². The van der Waals surface area contributed by atoms with E-state index in [1.807, 2.05) is 0 Å². The molecule has 0 saturated carbocycles. The summed E-state index contributed by atoms with van der Waals surface area (Å²) >= 11 is 0. The summed E-state index contributed by atoms with van der Waals surface area (Å²) in [4.78, 5) is 0. The molecule has 0 aliphatic heterocycles. The lowest BCUT2D eigenvalue weighted by Crippen LogP contribution is -2.12. The van der Waals surface area contributed by atoms with Gasteiger partial charge in [-0.3, -0.25) is 0 Å². The van der Waals surface area contributed by atoms with E-state index in [1.165, 1.54) is 13.2 Å². The highest BCUT2D eigenvalue weighted by atomic mass is 19.4. The molecule has 32 heavy (non-hydrogen) atoms. The molecule has 13 heteroatoms. The lowest BCUT2D eigenvalue weighted by molar-refractivity contribution is -0.141. The normalized spacial score (nSPS) is 11.8. The fourth-order valence-electron chi connectivity index (χ4n) is 3.07. The van der Waals surface area contributed by atoms with Gasteiger partial charge in [0.2, 0.25) is 5.82 Å². The van der Waals surface area contributed by atoms with Crippen molar-refractivity contribution >= 4 is 16.7 Å². The van der Waals surface area contributed by atoms with Crippen LogP contribution in [-0.4, -0.2) is 34.3 Å². The van der Waals surface area contributed by atoms with Gasteiger partial charge in [0, 0.05) is 23.2 Å². The van der Waals surface area contributed by atoms with E-state index in [4.69, 9.17) is 9.15 Å². The number of nitrogens with one attached hydrogen (secondary N) is 2. The second-order valence-corrected chi connectivity index (χ2v) is 6.50. The topological polar surface area (TPSA) is 98.1 Å². The Morgan fingerprint density at radius 3 is 2.59 bits per heavy atom. The predicted molar refractivity (Wildman–Crippen MR) is 101 cm³/mol. The molecule has 4 rings (SSSR count). The summed E-state index contributed by atoms with van der Waals surface area (Å²) in [7, 11) is 1.45. The molecule has 0 atom stereocenters. The number of alkyl halides is 5. The average molecular weight is 455 g/mol. The van der Waals surface area contributed by atoms with Gasteiger partial charge in [-0.2, -0.15) is 22.0 Å². The van der Waals surface area contributed by atoms with Crippen LogP contribution in [0.3, 0.4) is 0 Å². The van der Waals surface area contributed by atoms with Crippen LogP contribution >= 0.6 is 0 Å². The summed E-state index contributed by atoms with van der Waals surface area (Å²) in [6.07, 6.45) is -4.88. The van der Waals surface area contributed by atoms with Gasteiger partial charge in [0.05, 0.1) is 12.7 Å². The van der Waals surface area contributed by atoms with E-state index in [9.17, 15) is 22.0 Å². The number of aromatic nitrogens is 4. The van der Waals surface area contributed by atoms with E-state index < -0.39 is 24.1 Å². The summed E-state index contributed by atoms with van der Waals surface area (Å²) < 4.78 is 79.7. The minimum Gasteiger partial charge on any atom is -0.496 e. The van der Waals surface area contributed by atoms with Crippen molar-refractivity contribution in [2.24, 2.45) is 0 Å². The predicted octanol–water partition coefficient (Wildman–Crippen LogP) is 4.85. The number of aromatic amines is 1. The number of halogens is 5. The van der Waals surface area contributed by atoms with Crippen molar-refractivity contribution in [3.8, 4) is 23.1 Å². The Bertz CT molecular complexity index is 1220. The first-order valence-corrected chi connectivity index (χ1v) is 8.99. The molecule has 2 heterocycles. The zero-order chi connectivity index (χ0) is 22.9. The highest BCUT2D eigenvalue weighted by molar-refractivity contribution is 5.84. The molecule has 0 bridgehead atoms. The Hall–Kier alpha value is -3.90. The van der Waals surface area contributed by atoms with Gasteiger partial charge in [-0.15, -0.1) is 5.10 Å². The number of hydrogen-bond donors (Lipinski definition) is 2. The lowest BCUT2D eigenvalue weighted by Gasteiger charge is -2.16. The fourth-order valence-corrected chi connectivity index (χ4v) is 3.07. The second kappa shape index (κ2) is 8.32. The number of ether oxygens (including phenoxy) is 2. The van der Waals surface area contributed by atoms with Crippen molar-refractivity contribution in [2.45, 2.75) is 19.3 Å². The number of methoxy groups -OCH3 is 1. The smallest absolute Gasteiger partial charge is 0.420 e. The number of nitrogens with zero attached hydrogens (tertiary/aromatic N) is 3. The van der Waals surface area contributed by atoms with Gasteiger partial charge < -0.3 is 19.2 Å². The number of anilines is 1. The van der Waals surface area contributed by atoms with Gasteiger partial charge in [-0.05, 0) is 46.8 Å². The van der Waals surface area contributed by atoms with Gasteiger partial charge in [-0.25, -0.2) is 5.10 Å². The number of fused-ring (bicyclic) bond motifs is 1. The number of hydrogen-bond acceptors (Lipinski definition) is 7. The van der Waals surface area contributed by atoms with Crippen molar-refractivity contribution in [1.82, 2.24) is 20.6 Å². The molecule has 0 fully saturated rings. The van der Waals surface area contributed by atoms with Crippen LogP contribution in [0, 0.1) is 0 Å². The number of furan rings is 1. The van der Waals surface area contributed by atoms with Gasteiger partial charge in [-0.1, -0.05) is 0 Å². The number of benzene rings is 2. The van der Waals surface area contributed by atoms with Gasteiger partial charge in [0.15, 0.2) is 5.76 Å². The third-order valence-corrected chi connectivity index (χ3v) is 4.48. The third-order valence-electron chi connectivity index (χ3n) is 4.48. The van der Waals surface area contributed by atoms with Crippen LogP contribution in [0.5, 0.6) is 11.5 Å². The Kier molecular flexibility index (Phi) is 5.55. The Morgan fingerprint density at radius 1 is 1.12 bits per heavy atom. The van der Waals surface area contributed by atoms with Crippen molar-refractivity contribution in [1.29, 1.82) is 0 Å². The molecule has 2 aromatic heterocycles. The molecule has 4 aromatic rings. The highest BCUT2D eigenvalue weighted by Gasteiger charge is 2.35. The first-order chi connectivity index (χ1) is 15.2. The van der Waals surface area contributed by atoms with Crippen molar-refractivity contribution in [3.05, 3.63) is 47.5 Å². The van der Waals surface area contributed by atoms with Crippen LogP contribution in [0.15, 0.2) is 40.8 Å². The molecular weight excluding hydrogens is 441 g/mol. The van der Waals surface area contributed by atoms with E-state index in [1.54, 1.807) is 18.2 Å². The quantitative estimate of drug-likeness (QED) is 0.384. The molecular formula is C19H14F5N5O3. The maximum atomic E-state index is 13.3. The van der Waals surface area contributed by atoms with Crippen LogP contribution in [0.1, 0.15) is 11.1 Å². The van der Waals surface area contributed by atoms with Crippen LogP contribution in [0.4, 0.5) is 27.6 Å². The summed E-state index contributed by atoms with van der Waals surface area (Å²) in [5.74, 6) is 0.219. The molecule has 2 N–H and O–H groups in total. The summed E-state index contributed by atoms with van der Waals surface area (Å²) in [5.41, 5.74) is -0.209. The molecule has 2 aromatic carbocycles. The third kappa shape index (κ3) is 4.40. The average Bonchev–Trinajstić information content (AvgIpc) is 3.40. The SMILES string of the molecule is COc1cc2cc(-c3nnn[nH]3)oc2cc1CNc1ccc(OC(F)F)c(C(F)(F)F)c1. The van der Waals surface area contributed by atoms with E-state index in [0.29, 0.717) is 39.9 Å².